The number of aromatic nitrogens is 3. The molecule has 3 heterocycles. The third-order valence-electron chi connectivity index (χ3n) is 5.06. The highest BCUT2D eigenvalue weighted by molar-refractivity contribution is 5.28. The fourth-order valence-corrected chi connectivity index (χ4v) is 3.44. The highest BCUT2D eigenvalue weighted by Gasteiger charge is 2.30. The molecule has 1 aromatic carbocycles. The zero-order valence-corrected chi connectivity index (χ0v) is 16.8. The van der Waals surface area contributed by atoms with Crippen LogP contribution in [0.5, 0.6) is 5.75 Å². The zero-order chi connectivity index (χ0) is 21.7. The molecule has 0 unspecified atom stereocenters. The van der Waals surface area contributed by atoms with Crippen molar-refractivity contribution in [2.45, 2.75) is 25.2 Å². The molecule has 0 spiro atoms. The summed E-state index contributed by atoms with van der Waals surface area (Å²) in [6, 6.07) is 12.5. The van der Waals surface area contributed by atoms with Gasteiger partial charge in [0.1, 0.15) is 11.9 Å². The Labute approximate surface area is 178 Å². The lowest BCUT2D eigenvalue weighted by atomic mass is 10.1. The third-order valence-corrected chi connectivity index (χ3v) is 5.06. The lowest BCUT2D eigenvalue weighted by Gasteiger charge is -2.31. The monoisotopic (exact) mass is 432 g/mol. The molecule has 1 atom stereocenters. The van der Waals surface area contributed by atoms with Crippen molar-refractivity contribution in [3.63, 3.8) is 0 Å². The molecule has 1 saturated heterocycles. The van der Waals surface area contributed by atoms with Gasteiger partial charge in [-0.1, -0.05) is 6.07 Å². The second-order valence-corrected chi connectivity index (χ2v) is 7.35. The fraction of sp³-hybridized carbons (Fsp3) is 0.364. The predicted molar refractivity (Wildman–Crippen MR) is 107 cm³/mol. The lowest BCUT2D eigenvalue weighted by molar-refractivity contribution is -0.137. The summed E-state index contributed by atoms with van der Waals surface area (Å²) in [4.78, 5) is 6.67. The topological polar surface area (TPSA) is 63.3 Å². The average Bonchev–Trinajstić information content (AvgIpc) is 3.23. The first kappa shape index (κ1) is 21.3. The molecule has 6 nitrogen and oxygen atoms in total. The molecular weight excluding hydrogens is 409 g/mol. The quantitative estimate of drug-likeness (QED) is 0.611. The Balaban J connectivity index is 1.27. The van der Waals surface area contributed by atoms with Crippen molar-refractivity contribution in [2.75, 3.05) is 26.3 Å². The molecule has 4 rings (SSSR count). The molecule has 164 valence electrons. The molecule has 3 aromatic rings. The van der Waals surface area contributed by atoms with E-state index in [9.17, 15) is 13.2 Å². The van der Waals surface area contributed by atoms with Crippen LogP contribution < -0.4 is 4.74 Å². The summed E-state index contributed by atoms with van der Waals surface area (Å²) >= 11 is 0. The fourth-order valence-electron chi connectivity index (χ4n) is 3.44. The summed E-state index contributed by atoms with van der Waals surface area (Å²) in [5, 5.41) is 7.37. The molecule has 1 fully saturated rings. The second-order valence-electron chi connectivity index (χ2n) is 7.35. The minimum Gasteiger partial charge on any atom is -0.493 e. The maximum absolute atomic E-state index is 12.6. The van der Waals surface area contributed by atoms with Crippen LogP contribution in [0.4, 0.5) is 13.2 Å². The minimum atomic E-state index is -4.35. The first-order valence-electron chi connectivity index (χ1n) is 10.1. The van der Waals surface area contributed by atoms with Crippen LogP contribution in [0.3, 0.4) is 0 Å². The largest absolute Gasteiger partial charge is 0.493 e. The molecule has 1 aliphatic rings. The Kier molecular flexibility index (Phi) is 6.53. The molecule has 31 heavy (non-hydrogen) atoms. The third kappa shape index (κ3) is 5.83. The number of rotatable bonds is 7. The maximum Gasteiger partial charge on any atom is 0.416 e. The van der Waals surface area contributed by atoms with Gasteiger partial charge in [-0.05, 0) is 42.5 Å². The van der Waals surface area contributed by atoms with E-state index in [0.29, 0.717) is 25.4 Å². The Hall–Kier alpha value is -2.91. The zero-order valence-electron chi connectivity index (χ0n) is 16.8. The minimum absolute atomic E-state index is 0.127. The van der Waals surface area contributed by atoms with Gasteiger partial charge in [0.05, 0.1) is 30.2 Å². The number of nitrogens with zero attached hydrogens (tertiary/aromatic N) is 3. The van der Waals surface area contributed by atoms with E-state index < -0.39 is 11.7 Å². The van der Waals surface area contributed by atoms with Crippen molar-refractivity contribution in [3.05, 3.63) is 77.4 Å². The number of H-pyrrole nitrogens is 1. The van der Waals surface area contributed by atoms with Gasteiger partial charge in [-0.3, -0.25) is 15.0 Å². The first-order chi connectivity index (χ1) is 15.0. The molecular formula is C22H23F3N4O2. The molecule has 0 radical (unpaired) electrons. The SMILES string of the molecule is FC(F)(F)c1ccc(OCCc2cc([C@@H]3CN(Cc4ccccn4)CCO3)n[nH]2)cc1. The van der Waals surface area contributed by atoms with Crippen molar-refractivity contribution in [3.8, 4) is 5.75 Å². The van der Waals surface area contributed by atoms with E-state index in [1.807, 2.05) is 24.3 Å². The van der Waals surface area contributed by atoms with Gasteiger partial charge in [0.25, 0.3) is 0 Å². The van der Waals surface area contributed by atoms with E-state index in [-0.39, 0.29) is 6.10 Å². The van der Waals surface area contributed by atoms with Crippen LogP contribution in [0.25, 0.3) is 0 Å². The highest BCUT2D eigenvalue weighted by atomic mass is 19.4. The van der Waals surface area contributed by atoms with Gasteiger partial charge in [0, 0.05) is 37.9 Å². The number of morpholine rings is 1. The van der Waals surface area contributed by atoms with Crippen LogP contribution in [0, 0.1) is 0 Å². The normalized spacial score (nSPS) is 17.6. The van der Waals surface area contributed by atoms with Gasteiger partial charge in [-0.15, -0.1) is 0 Å². The van der Waals surface area contributed by atoms with Gasteiger partial charge < -0.3 is 9.47 Å². The van der Waals surface area contributed by atoms with E-state index in [4.69, 9.17) is 9.47 Å². The smallest absolute Gasteiger partial charge is 0.416 e. The Morgan fingerprint density at radius 1 is 1.16 bits per heavy atom. The summed E-state index contributed by atoms with van der Waals surface area (Å²) in [5.41, 5.74) is 2.04. The van der Waals surface area contributed by atoms with Gasteiger partial charge >= 0.3 is 6.18 Å². The molecule has 1 N–H and O–H groups in total. The van der Waals surface area contributed by atoms with Crippen molar-refractivity contribution < 1.29 is 22.6 Å². The van der Waals surface area contributed by atoms with Gasteiger partial charge in [0.15, 0.2) is 0 Å². The number of benzene rings is 1. The first-order valence-corrected chi connectivity index (χ1v) is 10.1. The molecule has 0 aliphatic carbocycles. The second kappa shape index (κ2) is 9.49. The van der Waals surface area contributed by atoms with E-state index in [1.54, 1.807) is 6.20 Å². The Morgan fingerprint density at radius 2 is 2.00 bits per heavy atom. The number of hydrogen-bond acceptors (Lipinski definition) is 5. The molecule has 0 saturated carbocycles. The average molecular weight is 432 g/mol. The summed E-state index contributed by atoms with van der Waals surface area (Å²) in [6.07, 6.45) is -2.13. The summed E-state index contributed by atoms with van der Waals surface area (Å²) in [7, 11) is 0. The molecule has 1 aliphatic heterocycles. The molecule has 0 amide bonds. The van der Waals surface area contributed by atoms with Crippen LogP contribution in [-0.4, -0.2) is 46.4 Å². The number of ether oxygens (including phenoxy) is 2. The number of nitrogens with one attached hydrogen (secondary N) is 1. The molecule has 0 bridgehead atoms. The van der Waals surface area contributed by atoms with Crippen molar-refractivity contribution in [1.82, 2.24) is 20.1 Å². The summed E-state index contributed by atoms with van der Waals surface area (Å²) in [5.74, 6) is 0.397. The molecule has 2 aromatic heterocycles. The maximum atomic E-state index is 12.6. The lowest BCUT2D eigenvalue weighted by Crippen LogP contribution is -2.38. The van der Waals surface area contributed by atoms with Crippen molar-refractivity contribution in [2.24, 2.45) is 0 Å². The van der Waals surface area contributed by atoms with E-state index in [0.717, 1.165) is 48.8 Å². The number of hydrogen-bond donors (Lipinski definition) is 1. The van der Waals surface area contributed by atoms with Crippen LogP contribution in [0.2, 0.25) is 0 Å². The Bertz CT molecular complexity index is 961. The van der Waals surface area contributed by atoms with E-state index in [2.05, 4.69) is 20.1 Å². The van der Waals surface area contributed by atoms with Gasteiger partial charge in [0.2, 0.25) is 0 Å². The summed E-state index contributed by atoms with van der Waals surface area (Å²) < 4.78 is 49.3. The number of alkyl halides is 3. The van der Waals surface area contributed by atoms with E-state index >= 15 is 0 Å². The van der Waals surface area contributed by atoms with Gasteiger partial charge in [-0.2, -0.15) is 18.3 Å². The van der Waals surface area contributed by atoms with Crippen LogP contribution in [0.1, 0.15) is 28.7 Å². The van der Waals surface area contributed by atoms with Crippen molar-refractivity contribution in [1.29, 1.82) is 0 Å². The Morgan fingerprint density at radius 3 is 2.74 bits per heavy atom. The number of pyridine rings is 1. The standard InChI is InChI=1S/C22H23F3N4O2/c23-22(24,25)16-4-6-19(7-5-16)30-11-8-17-13-20(28-27-17)21-15-29(10-12-31-21)14-18-3-1-2-9-26-18/h1-7,9,13,21H,8,10-12,14-15H2,(H,27,28)/t21-/m0/s1. The highest BCUT2D eigenvalue weighted by Crippen LogP contribution is 2.30. The summed E-state index contributed by atoms with van der Waals surface area (Å²) in [6.45, 7) is 3.27. The van der Waals surface area contributed by atoms with E-state index in [1.165, 1.54) is 12.1 Å². The van der Waals surface area contributed by atoms with Crippen molar-refractivity contribution >= 4 is 0 Å². The van der Waals surface area contributed by atoms with Crippen LogP contribution in [-0.2, 0) is 23.9 Å². The van der Waals surface area contributed by atoms with Crippen LogP contribution >= 0.6 is 0 Å². The predicted octanol–water partition coefficient (Wildman–Crippen LogP) is 4.02. The van der Waals surface area contributed by atoms with Crippen LogP contribution in [0.15, 0.2) is 54.7 Å². The number of aromatic amines is 1. The van der Waals surface area contributed by atoms with Gasteiger partial charge in [-0.25, -0.2) is 0 Å². The number of halogens is 3. The molecule has 9 heteroatoms.